The summed E-state index contributed by atoms with van der Waals surface area (Å²) in [7, 11) is 1.59. The highest BCUT2D eigenvalue weighted by atomic mass is 35.5. The van der Waals surface area contributed by atoms with E-state index >= 15 is 0 Å². The zero-order valence-electron chi connectivity index (χ0n) is 12.5. The van der Waals surface area contributed by atoms with Gasteiger partial charge in [-0.2, -0.15) is 0 Å². The molecule has 1 unspecified atom stereocenters. The maximum Gasteiger partial charge on any atom is 0.246 e. The SMILES string of the molecule is CCOc1ccc(NC(=O)C(Cl)c2ccc(OC)cc2)cc1. The van der Waals surface area contributed by atoms with Gasteiger partial charge in [-0.25, -0.2) is 0 Å². The number of anilines is 1. The molecule has 0 saturated carbocycles. The van der Waals surface area contributed by atoms with E-state index in [0.717, 1.165) is 11.5 Å². The van der Waals surface area contributed by atoms with Gasteiger partial charge < -0.3 is 14.8 Å². The average molecular weight is 320 g/mol. The van der Waals surface area contributed by atoms with Crippen LogP contribution in [0.3, 0.4) is 0 Å². The molecule has 4 nitrogen and oxygen atoms in total. The van der Waals surface area contributed by atoms with Crippen molar-refractivity contribution in [3.05, 3.63) is 54.1 Å². The molecule has 116 valence electrons. The summed E-state index contributed by atoms with van der Waals surface area (Å²) in [4.78, 5) is 12.2. The minimum atomic E-state index is -0.766. The van der Waals surface area contributed by atoms with E-state index in [1.807, 2.05) is 6.92 Å². The van der Waals surface area contributed by atoms with Crippen molar-refractivity contribution in [2.75, 3.05) is 19.0 Å². The van der Waals surface area contributed by atoms with Gasteiger partial charge in [0.15, 0.2) is 0 Å². The summed E-state index contributed by atoms with van der Waals surface area (Å²) in [5.74, 6) is 1.20. The van der Waals surface area contributed by atoms with Crippen molar-refractivity contribution in [3.63, 3.8) is 0 Å². The second kappa shape index (κ2) is 7.71. The molecule has 0 radical (unpaired) electrons. The Kier molecular flexibility index (Phi) is 5.67. The monoisotopic (exact) mass is 319 g/mol. The quantitative estimate of drug-likeness (QED) is 0.818. The number of benzene rings is 2. The average Bonchev–Trinajstić information content (AvgIpc) is 2.56. The van der Waals surface area contributed by atoms with Gasteiger partial charge in [0.25, 0.3) is 0 Å². The molecule has 0 saturated heterocycles. The first-order chi connectivity index (χ1) is 10.6. The van der Waals surface area contributed by atoms with Crippen molar-refractivity contribution in [2.45, 2.75) is 12.3 Å². The van der Waals surface area contributed by atoms with Gasteiger partial charge in [-0.15, -0.1) is 11.6 Å². The zero-order chi connectivity index (χ0) is 15.9. The number of amides is 1. The lowest BCUT2D eigenvalue weighted by Crippen LogP contribution is -2.17. The van der Waals surface area contributed by atoms with Crippen LogP contribution in [0.25, 0.3) is 0 Å². The maximum atomic E-state index is 12.2. The smallest absolute Gasteiger partial charge is 0.246 e. The molecule has 1 atom stereocenters. The molecule has 2 aromatic carbocycles. The van der Waals surface area contributed by atoms with Crippen LogP contribution in [0.15, 0.2) is 48.5 Å². The molecule has 0 fully saturated rings. The molecule has 0 aliphatic heterocycles. The molecule has 2 rings (SSSR count). The summed E-state index contributed by atoms with van der Waals surface area (Å²) in [6.45, 7) is 2.52. The molecule has 1 N–H and O–H groups in total. The number of alkyl halides is 1. The molecule has 0 aromatic heterocycles. The Morgan fingerprint density at radius 2 is 1.68 bits per heavy atom. The van der Waals surface area contributed by atoms with Gasteiger partial charge in [-0.1, -0.05) is 12.1 Å². The Hall–Kier alpha value is -2.20. The van der Waals surface area contributed by atoms with E-state index in [9.17, 15) is 4.79 Å². The lowest BCUT2D eigenvalue weighted by Gasteiger charge is -2.12. The van der Waals surface area contributed by atoms with Gasteiger partial charge in [0.1, 0.15) is 16.9 Å². The molecule has 0 bridgehead atoms. The first-order valence-electron chi connectivity index (χ1n) is 6.95. The topological polar surface area (TPSA) is 47.6 Å². The largest absolute Gasteiger partial charge is 0.497 e. The summed E-state index contributed by atoms with van der Waals surface area (Å²) < 4.78 is 10.4. The lowest BCUT2D eigenvalue weighted by molar-refractivity contribution is -0.116. The molecule has 0 spiro atoms. The van der Waals surface area contributed by atoms with Crippen LogP contribution in [0.2, 0.25) is 0 Å². The fourth-order valence-electron chi connectivity index (χ4n) is 1.93. The Bertz CT molecular complexity index is 611. The molecule has 0 aliphatic carbocycles. The minimum Gasteiger partial charge on any atom is -0.497 e. The Morgan fingerprint density at radius 1 is 1.09 bits per heavy atom. The fraction of sp³-hybridized carbons (Fsp3) is 0.235. The highest BCUT2D eigenvalue weighted by Crippen LogP contribution is 2.25. The number of carbonyl (C=O) groups excluding carboxylic acids is 1. The second-order valence-electron chi connectivity index (χ2n) is 4.58. The van der Waals surface area contributed by atoms with Gasteiger partial charge in [0, 0.05) is 5.69 Å². The van der Waals surface area contributed by atoms with Crippen LogP contribution in [0, 0.1) is 0 Å². The number of methoxy groups -OCH3 is 1. The predicted molar refractivity (Wildman–Crippen MR) is 87.8 cm³/mol. The van der Waals surface area contributed by atoms with E-state index in [0.29, 0.717) is 17.9 Å². The lowest BCUT2D eigenvalue weighted by atomic mass is 10.1. The third-order valence-electron chi connectivity index (χ3n) is 3.07. The van der Waals surface area contributed by atoms with Gasteiger partial charge in [0.2, 0.25) is 5.91 Å². The van der Waals surface area contributed by atoms with Crippen LogP contribution in [-0.4, -0.2) is 19.6 Å². The summed E-state index contributed by atoms with van der Waals surface area (Å²) in [5.41, 5.74) is 1.39. The predicted octanol–water partition coefficient (Wildman–Crippen LogP) is 4.01. The van der Waals surface area contributed by atoms with Crippen LogP contribution in [-0.2, 0) is 4.79 Å². The van der Waals surface area contributed by atoms with Crippen molar-refractivity contribution in [1.82, 2.24) is 0 Å². The first kappa shape index (κ1) is 16.2. The van der Waals surface area contributed by atoms with Crippen LogP contribution in [0.4, 0.5) is 5.69 Å². The van der Waals surface area contributed by atoms with Crippen LogP contribution >= 0.6 is 11.6 Å². The summed E-state index contributed by atoms with van der Waals surface area (Å²) >= 11 is 6.21. The minimum absolute atomic E-state index is 0.281. The zero-order valence-corrected chi connectivity index (χ0v) is 13.3. The van der Waals surface area contributed by atoms with E-state index in [4.69, 9.17) is 21.1 Å². The number of carbonyl (C=O) groups is 1. The van der Waals surface area contributed by atoms with Crippen LogP contribution in [0.5, 0.6) is 11.5 Å². The molecule has 1 amide bonds. The third-order valence-corrected chi connectivity index (χ3v) is 3.52. The van der Waals surface area contributed by atoms with E-state index in [1.165, 1.54) is 0 Å². The Balaban J connectivity index is 2.00. The molecular formula is C17H18ClNO3. The van der Waals surface area contributed by atoms with Gasteiger partial charge >= 0.3 is 0 Å². The highest BCUT2D eigenvalue weighted by Gasteiger charge is 2.17. The molecule has 5 heteroatoms. The molecular weight excluding hydrogens is 302 g/mol. The van der Waals surface area contributed by atoms with Crippen molar-refractivity contribution in [2.24, 2.45) is 0 Å². The van der Waals surface area contributed by atoms with Gasteiger partial charge in [-0.3, -0.25) is 4.79 Å². The first-order valence-corrected chi connectivity index (χ1v) is 7.39. The second-order valence-corrected chi connectivity index (χ2v) is 5.02. The number of hydrogen-bond donors (Lipinski definition) is 1. The fourth-order valence-corrected chi connectivity index (χ4v) is 2.13. The normalized spacial score (nSPS) is 11.6. The number of halogens is 1. The standard InChI is InChI=1S/C17H18ClNO3/c1-3-22-15-10-6-13(7-11-15)19-17(20)16(18)12-4-8-14(21-2)9-5-12/h4-11,16H,3H2,1-2H3,(H,19,20). The molecule has 0 aliphatic rings. The van der Waals surface area contributed by atoms with E-state index in [1.54, 1.807) is 55.6 Å². The van der Waals surface area contributed by atoms with Crippen molar-refractivity contribution in [3.8, 4) is 11.5 Å². The van der Waals surface area contributed by atoms with Crippen LogP contribution in [0.1, 0.15) is 17.9 Å². The summed E-state index contributed by atoms with van der Waals surface area (Å²) in [5, 5.41) is 2.01. The van der Waals surface area contributed by atoms with E-state index in [2.05, 4.69) is 5.32 Å². The van der Waals surface area contributed by atoms with Crippen molar-refractivity contribution in [1.29, 1.82) is 0 Å². The summed E-state index contributed by atoms with van der Waals surface area (Å²) in [6.07, 6.45) is 0. The number of rotatable bonds is 6. The van der Waals surface area contributed by atoms with Crippen molar-refractivity contribution >= 4 is 23.2 Å². The molecule has 0 heterocycles. The number of nitrogens with one attached hydrogen (secondary N) is 1. The van der Waals surface area contributed by atoms with E-state index < -0.39 is 5.38 Å². The van der Waals surface area contributed by atoms with Gasteiger partial charge in [0.05, 0.1) is 13.7 Å². The number of ether oxygens (including phenoxy) is 2. The Morgan fingerprint density at radius 3 is 2.23 bits per heavy atom. The number of hydrogen-bond acceptors (Lipinski definition) is 3. The van der Waals surface area contributed by atoms with Crippen LogP contribution < -0.4 is 14.8 Å². The van der Waals surface area contributed by atoms with Gasteiger partial charge in [-0.05, 0) is 48.9 Å². The maximum absolute atomic E-state index is 12.2. The molecule has 2 aromatic rings. The Labute approximate surface area is 135 Å². The summed E-state index contributed by atoms with van der Waals surface area (Å²) in [6, 6.07) is 14.2. The van der Waals surface area contributed by atoms with Crippen molar-refractivity contribution < 1.29 is 14.3 Å². The third kappa shape index (κ3) is 4.15. The van der Waals surface area contributed by atoms with E-state index in [-0.39, 0.29) is 5.91 Å². The highest BCUT2D eigenvalue weighted by molar-refractivity contribution is 6.32. The molecule has 22 heavy (non-hydrogen) atoms.